The number of carbonyl (C=O) groups is 2. The molecule has 2 aliphatic carbocycles. The number of amides is 1. The van der Waals surface area contributed by atoms with Crippen LogP contribution in [0, 0.1) is 5.41 Å². The van der Waals surface area contributed by atoms with Gasteiger partial charge >= 0.3 is 5.97 Å². The van der Waals surface area contributed by atoms with Crippen molar-refractivity contribution >= 4 is 11.9 Å². The van der Waals surface area contributed by atoms with Gasteiger partial charge in [0.15, 0.2) is 0 Å². The Kier molecular flexibility index (Phi) is 4.71. The topological polar surface area (TPSA) is 66.8 Å². The van der Waals surface area contributed by atoms with Crippen molar-refractivity contribution in [3.05, 3.63) is 0 Å². The number of carboxylic acids is 1. The average Bonchev–Trinajstić information content (AvgIpc) is 3.11. The van der Waals surface area contributed by atoms with E-state index < -0.39 is 11.4 Å². The highest BCUT2D eigenvalue weighted by atomic mass is 16.5. The van der Waals surface area contributed by atoms with Gasteiger partial charge in [-0.3, -0.25) is 9.59 Å². The van der Waals surface area contributed by atoms with Crippen molar-refractivity contribution in [1.29, 1.82) is 0 Å². The molecule has 1 atom stereocenters. The minimum atomic E-state index is -0.796. The Bertz CT molecular complexity index is 420. The molecule has 0 aromatic carbocycles. The first-order valence-corrected chi connectivity index (χ1v) is 8.75. The summed E-state index contributed by atoms with van der Waals surface area (Å²) in [4.78, 5) is 26.3. The Balaban J connectivity index is 1.66. The lowest BCUT2D eigenvalue weighted by atomic mass is 9.66. The molecule has 124 valence electrons. The van der Waals surface area contributed by atoms with Crippen molar-refractivity contribution in [2.45, 2.75) is 76.4 Å². The van der Waals surface area contributed by atoms with Crippen LogP contribution in [0.2, 0.25) is 0 Å². The monoisotopic (exact) mass is 309 g/mol. The summed E-state index contributed by atoms with van der Waals surface area (Å²) in [6, 6.07) is 0.294. The van der Waals surface area contributed by atoms with Gasteiger partial charge in [-0.2, -0.15) is 0 Å². The number of rotatable bonds is 6. The van der Waals surface area contributed by atoms with E-state index in [0.717, 1.165) is 38.7 Å². The minimum Gasteiger partial charge on any atom is -0.481 e. The van der Waals surface area contributed by atoms with Crippen molar-refractivity contribution in [1.82, 2.24) is 4.90 Å². The maximum atomic E-state index is 12.8. The first-order chi connectivity index (χ1) is 10.6. The number of carboxylic acid groups (broad SMARTS) is 1. The molecule has 3 fully saturated rings. The predicted octanol–water partition coefficient (Wildman–Crippen LogP) is 2.58. The molecule has 0 aromatic rings. The van der Waals surface area contributed by atoms with E-state index in [4.69, 9.17) is 4.74 Å². The van der Waals surface area contributed by atoms with Crippen molar-refractivity contribution < 1.29 is 19.4 Å². The molecule has 2 saturated carbocycles. The van der Waals surface area contributed by atoms with Gasteiger partial charge in [0.25, 0.3) is 0 Å². The summed E-state index contributed by atoms with van der Waals surface area (Å²) in [7, 11) is 0. The second-order valence-electron chi connectivity index (χ2n) is 7.24. The maximum absolute atomic E-state index is 12.8. The molecule has 5 heteroatoms. The van der Waals surface area contributed by atoms with Crippen molar-refractivity contribution in [2.75, 3.05) is 13.2 Å². The van der Waals surface area contributed by atoms with E-state index in [1.165, 1.54) is 12.8 Å². The Morgan fingerprint density at radius 2 is 1.82 bits per heavy atom. The molecular formula is C17H27NO4. The van der Waals surface area contributed by atoms with Gasteiger partial charge in [0.05, 0.1) is 11.5 Å². The zero-order valence-corrected chi connectivity index (χ0v) is 13.3. The van der Waals surface area contributed by atoms with Crippen molar-refractivity contribution in [3.8, 4) is 0 Å². The van der Waals surface area contributed by atoms with Gasteiger partial charge in [0.2, 0.25) is 5.91 Å². The van der Waals surface area contributed by atoms with Crippen LogP contribution in [0.4, 0.5) is 0 Å². The van der Waals surface area contributed by atoms with Gasteiger partial charge in [-0.1, -0.05) is 19.3 Å². The molecule has 1 heterocycles. The van der Waals surface area contributed by atoms with E-state index in [2.05, 4.69) is 0 Å². The number of carbonyl (C=O) groups excluding carboxylic acids is 1. The molecule has 0 aromatic heterocycles. The number of nitrogens with zero attached hydrogens (tertiary/aromatic N) is 1. The van der Waals surface area contributed by atoms with Gasteiger partial charge in [-0.05, 0) is 38.5 Å². The first-order valence-electron chi connectivity index (χ1n) is 8.75. The average molecular weight is 309 g/mol. The molecule has 5 nitrogen and oxygen atoms in total. The van der Waals surface area contributed by atoms with E-state index in [9.17, 15) is 14.7 Å². The van der Waals surface area contributed by atoms with Crippen LogP contribution < -0.4 is 0 Å². The lowest BCUT2D eigenvalue weighted by Gasteiger charge is -2.40. The smallest absolute Gasteiger partial charge is 0.310 e. The lowest BCUT2D eigenvalue weighted by molar-refractivity contribution is -0.160. The molecule has 1 unspecified atom stereocenters. The van der Waals surface area contributed by atoms with Gasteiger partial charge in [-0.15, -0.1) is 0 Å². The fourth-order valence-electron chi connectivity index (χ4n) is 4.14. The minimum absolute atomic E-state index is 0.0319. The van der Waals surface area contributed by atoms with E-state index in [-0.39, 0.29) is 18.4 Å². The second kappa shape index (κ2) is 6.57. The quantitative estimate of drug-likeness (QED) is 0.819. The Morgan fingerprint density at radius 1 is 1.09 bits per heavy atom. The molecule has 1 aliphatic heterocycles. The summed E-state index contributed by atoms with van der Waals surface area (Å²) >= 11 is 0. The SMILES string of the molecule is O=C(CC1(C(=O)O)CCC1)N(CC1CCCO1)C1CCCC1. The summed E-state index contributed by atoms with van der Waals surface area (Å²) < 4.78 is 5.70. The van der Waals surface area contributed by atoms with Crippen LogP contribution in [0.15, 0.2) is 0 Å². The zero-order valence-electron chi connectivity index (χ0n) is 13.3. The number of ether oxygens (including phenoxy) is 1. The van der Waals surface area contributed by atoms with Gasteiger partial charge in [0.1, 0.15) is 0 Å². The van der Waals surface area contributed by atoms with Crippen molar-refractivity contribution in [3.63, 3.8) is 0 Å². The standard InChI is InChI=1S/C17H27NO4/c19-15(11-17(16(20)21)8-4-9-17)18(13-5-1-2-6-13)12-14-7-3-10-22-14/h13-14H,1-12H2,(H,20,21). The van der Waals surface area contributed by atoms with Gasteiger partial charge in [-0.25, -0.2) is 0 Å². The molecule has 0 spiro atoms. The summed E-state index contributed by atoms with van der Waals surface area (Å²) in [6.07, 6.45) is 9.06. The van der Waals surface area contributed by atoms with Crippen LogP contribution in [-0.4, -0.2) is 47.2 Å². The summed E-state index contributed by atoms with van der Waals surface area (Å²) in [5.74, 6) is -0.764. The normalized spacial score (nSPS) is 27.5. The highest BCUT2D eigenvalue weighted by molar-refractivity contribution is 5.86. The lowest BCUT2D eigenvalue weighted by Crippen LogP contribution is -2.48. The molecular weight excluding hydrogens is 282 g/mol. The third-order valence-electron chi connectivity index (χ3n) is 5.76. The number of hydrogen-bond donors (Lipinski definition) is 1. The number of hydrogen-bond acceptors (Lipinski definition) is 3. The summed E-state index contributed by atoms with van der Waals surface area (Å²) in [6.45, 7) is 1.44. The van der Waals surface area contributed by atoms with Crippen LogP contribution in [0.1, 0.15) is 64.2 Å². The third-order valence-corrected chi connectivity index (χ3v) is 5.76. The molecule has 1 saturated heterocycles. The van der Waals surface area contributed by atoms with Gasteiger partial charge in [0, 0.05) is 25.6 Å². The van der Waals surface area contributed by atoms with Crippen LogP contribution >= 0.6 is 0 Å². The fourth-order valence-corrected chi connectivity index (χ4v) is 4.14. The zero-order chi connectivity index (χ0) is 15.6. The largest absolute Gasteiger partial charge is 0.481 e. The highest BCUT2D eigenvalue weighted by Gasteiger charge is 2.47. The Morgan fingerprint density at radius 3 is 2.32 bits per heavy atom. The Labute approximate surface area is 132 Å². The van der Waals surface area contributed by atoms with Crippen molar-refractivity contribution in [2.24, 2.45) is 5.41 Å². The molecule has 3 rings (SSSR count). The molecule has 1 N–H and O–H groups in total. The molecule has 22 heavy (non-hydrogen) atoms. The predicted molar refractivity (Wildman–Crippen MR) is 81.5 cm³/mol. The molecule has 3 aliphatic rings. The van der Waals surface area contributed by atoms with Crippen LogP contribution in [0.25, 0.3) is 0 Å². The summed E-state index contributed by atoms with van der Waals surface area (Å²) in [5, 5.41) is 9.47. The fraction of sp³-hybridized carbons (Fsp3) is 0.882. The second-order valence-corrected chi connectivity index (χ2v) is 7.24. The van der Waals surface area contributed by atoms with E-state index in [0.29, 0.717) is 25.4 Å². The third kappa shape index (κ3) is 3.14. The van der Waals surface area contributed by atoms with Crippen LogP contribution in [0.3, 0.4) is 0 Å². The van der Waals surface area contributed by atoms with E-state index >= 15 is 0 Å². The van der Waals surface area contributed by atoms with E-state index in [1.807, 2.05) is 4.90 Å². The summed E-state index contributed by atoms with van der Waals surface area (Å²) in [5.41, 5.74) is -0.787. The van der Waals surface area contributed by atoms with E-state index in [1.54, 1.807) is 0 Å². The molecule has 1 amide bonds. The highest BCUT2D eigenvalue weighted by Crippen LogP contribution is 2.45. The van der Waals surface area contributed by atoms with Crippen LogP contribution in [0.5, 0.6) is 0 Å². The number of aliphatic carboxylic acids is 1. The first kappa shape index (κ1) is 15.8. The van der Waals surface area contributed by atoms with Crippen LogP contribution in [-0.2, 0) is 14.3 Å². The molecule has 0 radical (unpaired) electrons. The Hall–Kier alpha value is -1.10. The molecule has 0 bridgehead atoms. The maximum Gasteiger partial charge on any atom is 0.310 e. The van der Waals surface area contributed by atoms with Gasteiger partial charge < -0.3 is 14.7 Å².